The Morgan fingerprint density at radius 3 is 2.79 bits per heavy atom. The molecule has 0 amide bonds. The quantitative estimate of drug-likeness (QED) is 0.810. The first kappa shape index (κ1) is 12.7. The third-order valence-electron chi connectivity index (χ3n) is 3.67. The van der Waals surface area contributed by atoms with Crippen molar-refractivity contribution < 1.29 is 18.3 Å². The van der Waals surface area contributed by atoms with Crippen LogP contribution in [0.3, 0.4) is 0 Å². The first-order valence-electron chi connectivity index (χ1n) is 6.44. The van der Waals surface area contributed by atoms with Crippen molar-refractivity contribution >= 4 is 15.5 Å². The first-order chi connectivity index (χ1) is 9.07. The molecule has 0 spiro atoms. The van der Waals surface area contributed by atoms with Gasteiger partial charge in [0.15, 0.2) is 9.84 Å². The van der Waals surface area contributed by atoms with Crippen LogP contribution < -0.4 is 9.64 Å². The SMILES string of the molecule is O=S1(=O)CC(O)C(N2CCCOc3ccccc32)C1. The van der Waals surface area contributed by atoms with Gasteiger partial charge in [0.1, 0.15) is 5.75 Å². The van der Waals surface area contributed by atoms with Crippen LogP contribution in [0.2, 0.25) is 0 Å². The lowest BCUT2D eigenvalue weighted by Gasteiger charge is -2.31. The number of rotatable bonds is 1. The van der Waals surface area contributed by atoms with Gasteiger partial charge in [0, 0.05) is 6.54 Å². The van der Waals surface area contributed by atoms with Crippen LogP contribution in [0.4, 0.5) is 5.69 Å². The number of benzene rings is 1. The summed E-state index contributed by atoms with van der Waals surface area (Å²) < 4.78 is 29.0. The molecule has 0 aromatic heterocycles. The van der Waals surface area contributed by atoms with Crippen LogP contribution in [0.25, 0.3) is 0 Å². The van der Waals surface area contributed by atoms with E-state index in [0.717, 1.165) is 17.9 Å². The van der Waals surface area contributed by atoms with Gasteiger partial charge in [-0.3, -0.25) is 0 Å². The fourth-order valence-electron chi connectivity index (χ4n) is 2.81. The molecule has 0 bridgehead atoms. The summed E-state index contributed by atoms with van der Waals surface area (Å²) in [6.45, 7) is 1.32. The zero-order valence-electron chi connectivity index (χ0n) is 10.5. The minimum absolute atomic E-state index is 0.0164. The smallest absolute Gasteiger partial charge is 0.155 e. The minimum atomic E-state index is -3.14. The second-order valence-electron chi connectivity index (χ2n) is 5.07. The summed E-state index contributed by atoms with van der Waals surface area (Å²) in [4.78, 5) is 1.98. The van der Waals surface area contributed by atoms with Gasteiger partial charge in [0.05, 0.1) is 35.9 Å². The molecule has 104 valence electrons. The Balaban J connectivity index is 1.97. The summed E-state index contributed by atoms with van der Waals surface area (Å²) in [5.41, 5.74) is 0.876. The highest BCUT2D eigenvalue weighted by atomic mass is 32.2. The van der Waals surface area contributed by atoms with Gasteiger partial charge in [-0.1, -0.05) is 12.1 Å². The van der Waals surface area contributed by atoms with Crippen LogP contribution in [-0.2, 0) is 9.84 Å². The number of aliphatic hydroxyl groups is 1. The number of sulfone groups is 1. The second kappa shape index (κ2) is 4.68. The Morgan fingerprint density at radius 2 is 2.05 bits per heavy atom. The fraction of sp³-hybridized carbons (Fsp3) is 0.538. The third kappa shape index (κ3) is 2.42. The van der Waals surface area contributed by atoms with Crippen molar-refractivity contribution in [3.8, 4) is 5.75 Å². The molecule has 1 fully saturated rings. The van der Waals surface area contributed by atoms with Crippen molar-refractivity contribution in [3.05, 3.63) is 24.3 Å². The molecular formula is C13H17NO4S. The van der Waals surface area contributed by atoms with E-state index in [2.05, 4.69) is 0 Å². The predicted octanol–water partition coefficient (Wildman–Crippen LogP) is 0.433. The first-order valence-corrected chi connectivity index (χ1v) is 8.26. The van der Waals surface area contributed by atoms with Crippen LogP contribution in [0.15, 0.2) is 24.3 Å². The highest BCUT2D eigenvalue weighted by Gasteiger charge is 2.41. The van der Waals surface area contributed by atoms with Gasteiger partial charge in [-0.05, 0) is 18.6 Å². The Morgan fingerprint density at radius 1 is 1.26 bits per heavy atom. The highest BCUT2D eigenvalue weighted by molar-refractivity contribution is 7.91. The maximum atomic E-state index is 11.7. The summed E-state index contributed by atoms with van der Waals surface area (Å²) in [6, 6.07) is 7.22. The molecule has 2 atom stereocenters. The van der Waals surface area contributed by atoms with E-state index in [1.54, 1.807) is 0 Å². The molecule has 3 rings (SSSR count). The zero-order chi connectivity index (χ0) is 13.5. The number of fused-ring (bicyclic) bond motifs is 1. The largest absolute Gasteiger partial charge is 0.491 e. The predicted molar refractivity (Wildman–Crippen MR) is 72.3 cm³/mol. The molecule has 1 saturated heterocycles. The standard InChI is InChI=1S/C13H17NO4S/c15-12-9-19(16,17)8-11(12)14-6-3-7-18-13-5-2-1-4-10(13)14/h1-2,4-5,11-12,15H,3,6-9H2. The number of para-hydroxylation sites is 2. The molecule has 2 unspecified atom stereocenters. The van der Waals surface area contributed by atoms with E-state index in [9.17, 15) is 13.5 Å². The summed E-state index contributed by atoms with van der Waals surface area (Å²) >= 11 is 0. The fourth-order valence-corrected chi connectivity index (χ4v) is 4.61. The van der Waals surface area contributed by atoms with E-state index in [4.69, 9.17) is 4.74 Å². The summed E-state index contributed by atoms with van der Waals surface area (Å²) in [5.74, 6) is 0.635. The average molecular weight is 283 g/mol. The van der Waals surface area contributed by atoms with Gasteiger partial charge in [-0.25, -0.2) is 8.42 Å². The number of hydrogen-bond acceptors (Lipinski definition) is 5. The van der Waals surface area contributed by atoms with Crippen LogP contribution in [-0.4, -0.2) is 50.3 Å². The molecule has 5 nitrogen and oxygen atoms in total. The van der Waals surface area contributed by atoms with Crippen molar-refractivity contribution in [1.82, 2.24) is 0 Å². The Labute approximate surface area is 112 Å². The molecule has 0 saturated carbocycles. The molecule has 1 aromatic carbocycles. The van der Waals surface area contributed by atoms with Gasteiger partial charge in [0.2, 0.25) is 0 Å². The Kier molecular flexibility index (Phi) is 3.14. The number of anilines is 1. The summed E-state index contributed by atoms with van der Waals surface area (Å²) in [6.07, 6.45) is -0.00560. The molecule has 0 radical (unpaired) electrons. The molecule has 2 aliphatic heterocycles. The number of ether oxygens (including phenoxy) is 1. The summed E-state index contributed by atoms with van der Waals surface area (Å²) in [5, 5.41) is 10.0. The van der Waals surface area contributed by atoms with E-state index >= 15 is 0 Å². The van der Waals surface area contributed by atoms with Crippen molar-refractivity contribution in [1.29, 1.82) is 0 Å². The average Bonchev–Trinajstić information content (AvgIpc) is 2.55. The Bertz CT molecular complexity index is 572. The number of nitrogens with zero attached hydrogens (tertiary/aromatic N) is 1. The Hall–Kier alpha value is -1.27. The van der Waals surface area contributed by atoms with Crippen molar-refractivity contribution in [2.75, 3.05) is 29.6 Å². The molecule has 0 aliphatic carbocycles. The maximum absolute atomic E-state index is 11.7. The van der Waals surface area contributed by atoms with Crippen LogP contribution >= 0.6 is 0 Å². The zero-order valence-corrected chi connectivity index (χ0v) is 11.3. The van der Waals surface area contributed by atoms with Crippen molar-refractivity contribution in [2.45, 2.75) is 18.6 Å². The topological polar surface area (TPSA) is 66.8 Å². The third-order valence-corrected chi connectivity index (χ3v) is 5.37. The lowest BCUT2D eigenvalue weighted by molar-refractivity contribution is 0.178. The van der Waals surface area contributed by atoms with Gasteiger partial charge in [-0.15, -0.1) is 0 Å². The van der Waals surface area contributed by atoms with Gasteiger partial charge < -0.3 is 14.7 Å². The van der Waals surface area contributed by atoms with Gasteiger partial charge in [0.25, 0.3) is 0 Å². The van der Waals surface area contributed by atoms with E-state index in [1.807, 2.05) is 29.2 Å². The molecule has 1 N–H and O–H groups in total. The van der Waals surface area contributed by atoms with E-state index < -0.39 is 15.9 Å². The van der Waals surface area contributed by atoms with Gasteiger partial charge in [-0.2, -0.15) is 0 Å². The van der Waals surface area contributed by atoms with Crippen molar-refractivity contribution in [2.24, 2.45) is 0 Å². The molecule has 1 aromatic rings. The van der Waals surface area contributed by atoms with Crippen LogP contribution in [0.1, 0.15) is 6.42 Å². The van der Waals surface area contributed by atoms with E-state index in [1.165, 1.54) is 0 Å². The van der Waals surface area contributed by atoms with E-state index in [0.29, 0.717) is 13.2 Å². The second-order valence-corrected chi connectivity index (χ2v) is 7.23. The van der Waals surface area contributed by atoms with Crippen LogP contribution in [0.5, 0.6) is 5.75 Å². The van der Waals surface area contributed by atoms with Crippen molar-refractivity contribution in [3.63, 3.8) is 0 Å². The van der Waals surface area contributed by atoms with Gasteiger partial charge >= 0.3 is 0 Å². The summed E-state index contributed by atoms with van der Waals surface area (Å²) in [7, 11) is -3.14. The monoisotopic (exact) mass is 283 g/mol. The highest BCUT2D eigenvalue weighted by Crippen LogP contribution is 2.34. The minimum Gasteiger partial charge on any atom is -0.491 e. The van der Waals surface area contributed by atoms with E-state index in [-0.39, 0.29) is 17.5 Å². The molecule has 2 aliphatic rings. The molecule has 6 heteroatoms. The molecule has 2 heterocycles. The maximum Gasteiger partial charge on any atom is 0.155 e. The normalized spacial score (nSPS) is 29.4. The lowest BCUT2D eigenvalue weighted by Crippen LogP contribution is -2.43. The number of aliphatic hydroxyl groups excluding tert-OH is 1. The molecule has 19 heavy (non-hydrogen) atoms. The lowest BCUT2D eigenvalue weighted by atomic mass is 10.1. The molecular weight excluding hydrogens is 266 g/mol. The number of hydrogen-bond donors (Lipinski definition) is 1. The van der Waals surface area contributed by atoms with Crippen LogP contribution in [0, 0.1) is 0 Å².